The summed E-state index contributed by atoms with van der Waals surface area (Å²) in [5.41, 5.74) is 1.31. The van der Waals surface area contributed by atoms with Crippen LogP contribution in [0, 0.1) is 0 Å². The second-order valence-electron chi connectivity index (χ2n) is 4.50. The second-order valence-corrected chi connectivity index (χ2v) is 4.50. The highest BCUT2D eigenvalue weighted by Gasteiger charge is 2.18. The summed E-state index contributed by atoms with van der Waals surface area (Å²) in [5, 5.41) is 0. The maximum Gasteiger partial charge on any atom is 0.247 e. The van der Waals surface area contributed by atoms with Gasteiger partial charge in [-0.3, -0.25) is 0 Å². The monoisotopic (exact) mass is 200 g/mol. The van der Waals surface area contributed by atoms with Crippen LogP contribution in [0.15, 0.2) is 30.3 Å². The Morgan fingerprint density at radius 1 is 1.07 bits per heavy atom. The van der Waals surface area contributed by atoms with Crippen LogP contribution in [0.1, 0.15) is 32.1 Å². The van der Waals surface area contributed by atoms with Gasteiger partial charge >= 0.3 is 0 Å². The van der Waals surface area contributed by atoms with Gasteiger partial charge in [-0.2, -0.15) is 0 Å². The fourth-order valence-electron chi connectivity index (χ4n) is 2.37. The molecule has 2 rings (SSSR count). The topological polar surface area (TPSA) is 3.24 Å². The van der Waals surface area contributed by atoms with Gasteiger partial charge in [0.2, 0.25) is 7.41 Å². The van der Waals surface area contributed by atoms with Crippen LogP contribution in [0.5, 0.6) is 0 Å². The first-order valence-corrected chi connectivity index (χ1v) is 5.98. The molecule has 0 heterocycles. The molecule has 0 aromatic heterocycles. The van der Waals surface area contributed by atoms with Crippen molar-refractivity contribution >= 4 is 12.9 Å². The third-order valence-corrected chi connectivity index (χ3v) is 3.30. The average molecular weight is 200 g/mol. The van der Waals surface area contributed by atoms with Gasteiger partial charge in [-0.05, 0) is 25.9 Å². The Kier molecular flexibility index (Phi) is 3.84. The van der Waals surface area contributed by atoms with E-state index in [1.807, 2.05) is 0 Å². The molecule has 1 aromatic carbocycles. The van der Waals surface area contributed by atoms with Gasteiger partial charge in [0.1, 0.15) is 0 Å². The van der Waals surface area contributed by atoms with E-state index in [1.165, 1.54) is 37.6 Å². The van der Waals surface area contributed by atoms with Crippen LogP contribution >= 0.6 is 0 Å². The Morgan fingerprint density at radius 2 is 1.73 bits per heavy atom. The molecule has 1 aliphatic rings. The lowest BCUT2D eigenvalue weighted by molar-refractivity contribution is 0.293. The van der Waals surface area contributed by atoms with Gasteiger partial charge in [0.05, 0.1) is 0 Å². The molecule has 0 amide bonds. The van der Waals surface area contributed by atoms with Gasteiger partial charge in [0.15, 0.2) is 0 Å². The summed E-state index contributed by atoms with van der Waals surface area (Å²) in [4.78, 5) is 2.40. The fraction of sp³-hybridized carbons (Fsp3) is 0.538. The van der Waals surface area contributed by atoms with Gasteiger partial charge in [0, 0.05) is 0 Å². The minimum absolute atomic E-state index is 0.763. The number of nitrogens with zero attached hydrogens (tertiary/aromatic N) is 1. The first-order valence-electron chi connectivity index (χ1n) is 5.98. The molecule has 2 heteroatoms. The maximum absolute atomic E-state index is 2.40. The van der Waals surface area contributed by atoms with E-state index < -0.39 is 0 Å². The zero-order valence-electron chi connectivity index (χ0n) is 9.52. The molecule has 15 heavy (non-hydrogen) atoms. The average Bonchev–Trinajstić information content (AvgIpc) is 2.31. The van der Waals surface area contributed by atoms with Crippen LogP contribution in [0.3, 0.4) is 0 Å². The Morgan fingerprint density at radius 3 is 2.40 bits per heavy atom. The van der Waals surface area contributed by atoms with E-state index in [9.17, 15) is 0 Å². The Labute approximate surface area is 93.7 Å². The van der Waals surface area contributed by atoms with Crippen LogP contribution in [0.25, 0.3) is 0 Å². The van der Waals surface area contributed by atoms with Crippen LogP contribution in [-0.2, 0) is 0 Å². The Balaban J connectivity index is 1.88. The van der Waals surface area contributed by atoms with E-state index >= 15 is 0 Å². The molecule has 0 saturated heterocycles. The van der Waals surface area contributed by atoms with Crippen LogP contribution in [0.2, 0.25) is 0 Å². The van der Waals surface area contributed by atoms with Crippen molar-refractivity contribution in [3.63, 3.8) is 0 Å². The van der Waals surface area contributed by atoms with E-state index in [4.69, 9.17) is 0 Å². The molecule has 79 valence electrons. The lowest BCUT2D eigenvalue weighted by Crippen LogP contribution is -2.41. The Hall–Kier alpha value is -0.755. The molecule has 1 saturated carbocycles. The summed E-state index contributed by atoms with van der Waals surface area (Å²) in [5.74, 6) is 0. The first kappa shape index (κ1) is 10.8. The zero-order chi connectivity index (χ0) is 10.5. The third kappa shape index (κ3) is 3.10. The molecule has 1 nitrogen and oxygen atoms in total. The molecule has 1 radical (unpaired) electrons. The normalized spacial score (nSPS) is 18.0. The van der Waals surface area contributed by atoms with Crippen molar-refractivity contribution in [1.82, 2.24) is 4.81 Å². The predicted molar refractivity (Wildman–Crippen MR) is 66.5 cm³/mol. The number of rotatable bonds is 3. The van der Waals surface area contributed by atoms with Crippen molar-refractivity contribution in [2.45, 2.75) is 38.1 Å². The molecule has 0 aliphatic heterocycles. The van der Waals surface area contributed by atoms with E-state index in [-0.39, 0.29) is 0 Å². The highest BCUT2D eigenvalue weighted by atomic mass is 15.0. The van der Waals surface area contributed by atoms with Crippen LogP contribution < -0.4 is 5.46 Å². The molecule has 1 aliphatic carbocycles. The summed E-state index contributed by atoms with van der Waals surface area (Å²) >= 11 is 0. The molecular weight excluding hydrogens is 181 g/mol. The molecular formula is C13H19BN. The summed E-state index contributed by atoms with van der Waals surface area (Å²) in [7, 11) is 4.49. The van der Waals surface area contributed by atoms with Gasteiger partial charge < -0.3 is 4.81 Å². The third-order valence-electron chi connectivity index (χ3n) is 3.30. The zero-order valence-corrected chi connectivity index (χ0v) is 9.52. The molecule has 0 bridgehead atoms. The smallest absolute Gasteiger partial charge is 0.247 e. The molecule has 0 unspecified atom stereocenters. The molecule has 1 fully saturated rings. The van der Waals surface area contributed by atoms with E-state index in [1.54, 1.807) is 0 Å². The minimum Gasteiger partial charge on any atom is -0.342 e. The second kappa shape index (κ2) is 5.36. The van der Waals surface area contributed by atoms with Crippen molar-refractivity contribution in [3.8, 4) is 0 Å². The van der Waals surface area contributed by atoms with Crippen LogP contribution in [0.4, 0.5) is 0 Å². The standard InChI is InChI=1S/C13H19BN/c1-15(13-10-6-3-7-11-13)14-12-8-4-2-5-9-12/h2,4-5,8-9,13H,3,6-7,10-11H2,1H3. The fourth-order valence-corrected chi connectivity index (χ4v) is 2.37. The predicted octanol–water partition coefficient (Wildman–Crippen LogP) is 2.20. The lowest BCUT2D eigenvalue weighted by Gasteiger charge is -2.31. The number of hydrogen-bond acceptors (Lipinski definition) is 1. The SMILES string of the molecule is CN([B]c1ccccc1)C1CCCCC1. The lowest BCUT2D eigenvalue weighted by atomic mass is 9.78. The van der Waals surface area contributed by atoms with Crippen molar-refractivity contribution in [2.24, 2.45) is 0 Å². The van der Waals surface area contributed by atoms with Crippen molar-refractivity contribution in [3.05, 3.63) is 30.3 Å². The largest absolute Gasteiger partial charge is 0.342 e. The van der Waals surface area contributed by atoms with Gasteiger partial charge in [-0.1, -0.05) is 55.1 Å². The van der Waals surface area contributed by atoms with Crippen molar-refractivity contribution in [2.75, 3.05) is 7.05 Å². The van der Waals surface area contributed by atoms with E-state index in [2.05, 4.69) is 49.6 Å². The van der Waals surface area contributed by atoms with Crippen molar-refractivity contribution < 1.29 is 0 Å². The molecule has 0 atom stereocenters. The molecule has 1 aromatic rings. The van der Waals surface area contributed by atoms with E-state index in [0.29, 0.717) is 0 Å². The summed E-state index contributed by atoms with van der Waals surface area (Å²) < 4.78 is 0. The molecule has 0 N–H and O–H groups in total. The first-order chi connectivity index (χ1) is 7.36. The summed E-state index contributed by atoms with van der Waals surface area (Å²) in [6.07, 6.45) is 6.95. The molecule has 0 spiro atoms. The van der Waals surface area contributed by atoms with Gasteiger partial charge in [-0.25, -0.2) is 0 Å². The van der Waals surface area contributed by atoms with Gasteiger partial charge in [-0.15, -0.1) is 0 Å². The number of hydrogen-bond donors (Lipinski definition) is 0. The summed E-state index contributed by atoms with van der Waals surface area (Å²) in [6.45, 7) is 0. The Bertz CT molecular complexity index is 280. The quantitative estimate of drug-likeness (QED) is 0.676. The van der Waals surface area contributed by atoms with Crippen LogP contribution in [-0.4, -0.2) is 25.3 Å². The highest BCUT2D eigenvalue weighted by Crippen LogP contribution is 2.20. The summed E-state index contributed by atoms with van der Waals surface area (Å²) in [6, 6.07) is 11.4. The van der Waals surface area contributed by atoms with E-state index in [0.717, 1.165) is 6.04 Å². The minimum atomic E-state index is 0.763. The van der Waals surface area contributed by atoms with Crippen molar-refractivity contribution in [1.29, 1.82) is 0 Å². The number of benzene rings is 1. The maximum atomic E-state index is 2.40. The van der Waals surface area contributed by atoms with Gasteiger partial charge in [0.25, 0.3) is 0 Å². The highest BCUT2D eigenvalue weighted by molar-refractivity contribution is 6.50.